The molecule has 1 saturated heterocycles. The number of likely N-dealkylation sites (tertiary alicyclic amines) is 1. The van der Waals surface area contributed by atoms with Gasteiger partial charge >= 0.3 is 0 Å². The Hall–Kier alpha value is -4.01. The number of benzene rings is 4. The van der Waals surface area contributed by atoms with Crippen LogP contribution < -0.4 is 0 Å². The van der Waals surface area contributed by atoms with E-state index in [2.05, 4.69) is 28.9 Å². The van der Waals surface area contributed by atoms with Crippen molar-refractivity contribution in [2.24, 2.45) is 0 Å². The fraction of sp³-hybridized carbons (Fsp3) is 0.206. The standard InChI is InChI=1S/C34H27Cl2N3O4/c1-18-23(24-6-4-8-26(19(24)2)34-38-30-14-21(17-40)12-28(36)32(30)43-34)5-3-7-25(18)33-37-29-13-20(11-27(35)31(29)42-33)15-39-10-9-22(41)16-39/h3-8,11-14,17,22,41H,9-10,15-16H2,1-2H3/t22-/m0/s1. The molecule has 9 heteroatoms. The van der Waals surface area contributed by atoms with Crippen molar-refractivity contribution in [3.63, 3.8) is 0 Å². The van der Waals surface area contributed by atoms with Crippen molar-refractivity contribution in [3.05, 3.63) is 93.0 Å². The first-order chi connectivity index (χ1) is 20.8. The van der Waals surface area contributed by atoms with Gasteiger partial charge in [-0.2, -0.15) is 0 Å². The Kier molecular flexibility index (Phi) is 7.06. The number of aldehydes is 1. The summed E-state index contributed by atoms with van der Waals surface area (Å²) in [5.74, 6) is 0.930. The average Bonchev–Trinajstić information content (AvgIpc) is 3.72. The van der Waals surface area contributed by atoms with Crippen LogP contribution in [0.5, 0.6) is 0 Å². The van der Waals surface area contributed by atoms with E-state index in [9.17, 15) is 9.90 Å². The molecule has 1 fully saturated rings. The first-order valence-electron chi connectivity index (χ1n) is 14.0. The quantitative estimate of drug-likeness (QED) is 0.189. The number of hydrogen-bond donors (Lipinski definition) is 1. The van der Waals surface area contributed by atoms with Gasteiger partial charge in [0.1, 0.15) is 17.3 Å². The molecule has 1 aliphatic heterocycles. The van der Waals surface area contributed by atoms with Gasteiger partial charge in [0.25, 0.3) is 0 Å². The number of carbonyl (C=O) groups excluding carboxylic acids is 1. The van der Waals surface area contributed by atoms with E-state index in [-0.39, 0.29) is 6.10 Å². The third kappa shape index (κ3) is 5.02. The van der Waals surface area contributed by atoms with E-state index in [0.717, 1.165) is 58.2 Å². The second kappa shape index (κ2) is 10.9. The molecule has 4 aromatic carbocycles. The molecule has 1 atom stereocenters. The molecule has 0 saturated carbocycles. The number of oxazole rings is 2. The first kappa shape index (κ1) is 27.8. The average molecular weight is 613 g/mol. The maximum Gasteiger partial charge on any atom is 0.227 e. The number of hydrogen-bond acceptors (Lipinski definition) is 7. The second-order valence-corrected chi connectivity index (χ2v) is 11.9. The predicted octanol–water partition coefficient (Wildman–Crippen LogP) is 8.27. The van der Waals surface area contributed by atoms with E-state index in [1.165, 1.54) is 0 Å². The highest BCUT2D eigenvalue weighted by Gasteiger charge is 2.22. The summed E-state index contributed by atoms with van der Waals surface area (Å²) >= 11 is 13.0. The van der Waals surface area contributed by atoms with Crippen LogP contribution in [0.1, 0.15) is 33.5 Å². The smallest absolute Gasteiger partial charge is 0.227 e. The SMILES string of the molecule is Cc1c(-c2nc3cc(C=O)cc(Cl)c3o2)cccc1-c1cccc(-c2nc3cc(CN4CC[C@H](O)C4)cc(Cl)c3o2)c1C. The van der Waals surface area contributed by atoms with Gasteiger partial charge < -0.3 is 13.9 Å². The molecule has 3 heterocycles. The largest absolute Gasteiger partial charge is 0.434 e. The fourth-order valence-electron chi connectivity index (χ4n) is 5.98. The zero-order valence-corrected chi connectivity index (χ0v) is 25.0. The lowest BCUT2D eigenvalue weighted by Crippen LogP contribution is -2.21. The zero-order chi connectivity index (χ0) is 29.8. The van der Waals surface area contributed by atoms with Gasteiger partial charge in [-0.15, -0.1) is 0 Å². The summed E-state index contributed by atoms with van der Waals surface area (Å²) in [5.41, 5.74) is 9.44. The van der Waals surface area contributed by atoms with Crippen molar-refractivity contribution >= 4 is 51.7 Å². The van der Waals surface area contributed by atoms with E-state index in [1.54, 1.807) is 12.1 Å². The van der Waals surface area contributed by atoms with E-state index in [0.29, 0.717) is 62.7 Å². The van der Waals surface area contributed by atoms with Crippen molar-refractivity contribution < 1.29 is 18.7 Å². The highest BCUT2D eigenvalue weighted by Crippen LogP contribution is 2.39. The number of halogens is 2. The molecule has 6 aromatic rings. The number of aliphatic hydroxyl groups excluding tert-OH is 1. The lowest BCUT2D eigenvalue weighted by Gasteiger charge is -2.14. The molecule has 0 amide bonds. The van der Waals surface area contributed by atoms with Crippen LogP contribution in [-0.2, 0) is 6.54 Å². The molecular formula is C34H27Cl2N3O4. The Bertz CT molecular complexity index is 2050. The zero-order valence-electron chi connectivity index (χ0n) is 23.5. The first-order valence-corrected chi connectivity index (χ1v) is 14.8. The minimum atomic E-state index is -0.275. The van der Waals surface area contributed by atoms with Crippen molar-refractivity contribution in [2.75, 3.05) is 13.1 Å². The van der Waals surface area contributed by atoms with E-state index in [1.807, 2.05) is 43.3 Å². The van der Waals surface area contributed by atoms with Gasteiger partial charge in [-0.3, -0.25) is 9.69 Å². The maximum absolute atomic E-state index is 11.3. The van der Waals surface area contributed by atoms with Crippen LogP contribution in [-0.4, -0.2) is 45.5 Å². The van der Waals surface area contributed by atoms with Crippen LogP contribution in [0.4, 0.5) is 0 Å². The van der Waals surface area contributed by atoms with Gasteiger partial charge in [0.05, 0.1) is 16.1 Å². The monoisotopic (exact) mass is 611 g/mol. The van der Waals surface area contributed by atoms with Crippen LogP contribution in [0, 0.1) is 13.8 Å². The minimum absolute atomic E-state index is 0.275. The van der Waals surface area contributed by atoms with Gasteiger partial charge in [0.15, 0.2) is 11.2 Å². The van der Waals surface area contributed by atoms with Crippen molar-refractivity contribution in [1.29, 1.82) is 0 Å². The number of carbonyl (C=O) groups is 1. The highest BCUT2D eigenvalue weighted by atomic mass is 35.5. The molecule has 216 valence electrons. The summed E-state index contributed by atoms with van der Waals surface area (Å²) in [6.45, 7) is 6.30. The molecule has 0 spiro atoms. The fourth-order valence-corrected chi connectivity index (χ4v) is 6.52. The Labute approximate surface area is 257 Å². The third-order valence-electron chi connectivity index (χ3n) is 8.18. The third-order valence-corrected chi connectivity index (χ3v) is 8.74. The van der Waals surface area contributed by atoms with Gasteiger partial charge in [-0.05, 0) is 84.5 Å². The summed E-state index contributed by atoms with van der Waals surface area (Å²) < 4.78 is 12.3. The molecule has 43 heavy (non-hydrogen) atoms. The normalized spacial score (nSPS) is 15.6. The topological polar surface area (TPSA) is 92.6 Å². The van der Waals surface area contributed by atoms with E-state index >= 15 is 0 Å². The Morgan fingerprint density at radius 3 is 1.98 bits per heavy atom. The highest BCUT2D eigenvalue weighted by molar-refractivity contribution is 6.35. The Morgan fingerprint density at radius 1 is 0.860 bits per heavy atom. The number of nitrogens with zero attached hydrogens (tertiary/aromatic N) is 3. The van der Waals surface area contributed by atoms with E-state index < -0.39 is 0 Å². The maximum atomic E-state index is 11.3. The summed E-state index contributed by atoms with van der Waals surface area (Å²) in [5, 5.41) is 10.8. The Morgan fingerprint density at radius 2 is 1.42 bits per heavy atom. The molecule has 1 N–H and O–H groups in total. The van der Waals surface area contributed by atoms with Gasteiger partial charge in [-0.1, -0.05) is 47.5 Å². The number of aliphatic hydroxyl groups is 1. The molecule has 0 bridgehead atoms. The lowest BCUT2D eigenvalue weighted by atomic mass is 9.91. The summed E-state index contributed by atoms with van der Waals surface area (Å²) in [4.78, 5) is 23.0. The van der Waals surface area contributed by atoms with Crippen LogP contribution >= 0.6 is 23.2 Å². The van der Waals surface area contributed by atoms with E-state index in [4.69, 9.17) is 37.0 Å². The van der Waals surface area contributed by atoms with Gasteiger partial charge in [0, 0.05) is 36.3 Å². The molecular weight excluding hydrogens is 585 g/mol. The van der Waals surface area contributed by atoms with Crippen LogP contribution in [0.15, 0.2) is 69.5 Å². The number of rotatable bonds is 6. The van der Waals surface area contributed by atoms with Gasteiger partial charge in [-0.25, -0.2) is 9.97 Å². The molecule has 1 aliphatic rings. The summed E-state index contributed by atoms with van der Waals surface area (Å²) in [6, 6.07) is 19.2. The summed E-state index contributed by atoms with van der Waals surface area (Å²) in [6.07, 6.45) is 1.25. The Balaban J connectivity index is 1.26. The molecule has 7 nitrogen and oxygen atoms in total. The van der Waals surface area contributed by atoms with Gasteiger partial charge in [0.2, 0.25) is 11.8 Å². The minimum Gasteiger partial charge on any atom is -0.434 e. The molecule has 0 unspecified atom stereocenters. The van der Waals surface area contributed by atoms with Crippen LogP contribution in [0.3, 0.4) is 0 Å². The molecule has 2 aromatic heterocycles. The molecule has 7 rings (SSSR count). The predicted molar refractivity (Wildman–Crippen MR) is 169 cm³/mol. The van der Waals surface area contributed by atoms with Crippen molar-refractivity contribution in [1.82, 2.24) is 14.9 Å². The second-order valence-electron chi connectivity index (χ2n) is 11.1. The summed E-state index contributed by atoms with van der Waals surface area (Å²) in [7, 11) is 0. The number of β-amino-alcohol motifs (C(OH)–C–C–N with tert-alkyl or cyclic N) is 1. The number of aromatic nitrogens is 2. The number of fused-ring (bicyclic) bond motifs is 2. The van der Waals surface area contributed by atoms with Crippen molar-refractivity contribution in [3.8, 4) is 34.0 Å². The van der Waals surface area contributed by atoms with Crippen LogP contribution in [0.25, 0.3) is 56.2 Å². The lowest BCUT2D eigenvalue weighted by molar-refractivity contribution is 0.112. The molecule has 0 radical (unpaired) electrons. The van der Waals surface area contributed by atoms with Crippen molar-refractivity contribution in [2.45, 2.75) is 32.9 Å². The van der Waals surface area contributed by atoms with Crippen LogP contribution in [0.2, 0.25) is 10.0 Å². The molecule has 0 aliphatic carbocycles.